The van der Waals surface area contributed by atoms with E-state index in [1.165, 1.54) is 15.3 Å². The van der Waals surface area contributed by atoms with Crippen LogP contribution >= 0.6 is 11.3 Å². The molecular formula is C13H22N2O2S. The van der Waals surface area contributed by atoms with Crippen molar-refractivity contribution in [3.8, 4) is 0 Å². The quantitative estimate of drug-likeness (QED) is 0.830. The Kier molecular flexibility index (Phi) is 5.78. The van der Waals surface area contributed by atoms with Crippen LogP contribution in [0.1, 0.15) is 34.7 Å². The van der Waals surface area contributed by atoms with Crippen molar-refractivity contribution in [2.45, 2.75) is 39.3 Å². The lowest BCUT2D eigenvalue weighted by atomic mass is 10.1. The standard InChI is InChI=1S/C13H22N2O2S/c1-8-5-12(10(3)18-8)9(2)15-13(16)6-11(7-14)17-4/h5,9,11H,6-7,14H2,1-4H3,(H,15,16). The SMILES string of the molecule is COC(CN)CC(=O)NC(C)c1cc(C)sc1C. The first-order chi connectivity index (χ1) is 8.47. The Morgan fingerprint density at radius 2 is 2.22 bits per heavy atom. The minimum Gasteiger partial charge on any atom is -0.380 e. The molecule has 4 nitrogen and oxygen atoms in total. The molecule has 0 aliphatic carbocycles. The highest BCUT2D eigenvalue weighted by atomic mass is 32.1. The van der Waals surface area contributed by atoms with Crippen molar-refractivity contribution in [2.75, 3.05) is 13.7 Å². The molecule has 3 N–H and O–H groups in total. The summed E-state index contributed by atoms with van der Waals surface area (Å²) in [5.74, 6) is -0.0250. The summed E-state index contributed by atoms with van der Waals surface area (Å²) in [7, 11) is 1.57. The van der Waals surface area contributed by atoms with E-state index in [4.69, 9.17) is 10.5 Å². The van der Waals surface area contributed by atoms with Crippen LogP contribution in [0.5, 0.6) is 0 Å². The van der Waals surface area contributed by atoms with Crippen LogP contribution in [0.2, 0.25) is 0 Å². The van der Waals surface area contributed by atoms with E-state index in [1.54, 1.807) is 18.4 Å². The van der Waals surface area contributed by atoms with Crippen molar-refractivity contribution in [1.82, 2.24) is 5.32 Å². The molecule has 0 spiro atoms. The summed E-state index contributed by atoms with van der Waals surface area (Å²) in [6, 6.07) is 2.15. The van der Waals surface area contributed by atoms with Gasteiger partial charge in [0.1, 0.15) is 0 Å². The number of hydrogen-bond acceptors (Lipinski definition) is 4. The molecule has 1 heterocycles. The number of ether oxygens (including phenoxy) is 1. The van der Waals surface area contributed by atoms with Gasteiger partial charge in [-0.15, -0.1) is 11.3 Å². The van der Waals surface area contributed by atoms with Gasteiger partial charge in [-0.1, -0.05) is 0 Å². The van der Waals surface area contributed by atoms with Gasteiger partial charge in [0, 0.05) is 23.4 Å². The first-order valence-electron chi connectivity index (χ1n) is 6.07. The van der Waals surface area contributed by atoms with Gasteiger partial charge < -0.3 is 15.8 Å². The molecular weight excluding hydrogens is 248 g/mol. The maximum atomic E-state index is 11.8. The number of carbonyl (C=O) groups is 1. The summed E-state index contributed by atoms with van der Waals surface area (Å²) >= 11 is 1.75. The predicted molar refractivity (Wildman–Crippen MR) is 74.8 cm³/mol. The number of hydrogen-bond donors (Lipinski definition) is 2. The smallest absolute Gasteiger partial charge is 0.223 e. The average molecular weight is 270 g/mol. The summed E-state index contributed by atoms with van der Waals surface area (Å²) in [6.45, 7) is 6.50. The van der Waals surface area contributed by atoms with Crippen molar-refractivity contribution in [3.05, 3.63) is 21.4 Å². The number of aryl methyl sites for hydroxylation is 2. The Balaban J connectivity index is 2.57. The maximum Gasteiger partial charge on any atom is 0.223 e. The molecule has 5 heteroatoms. The Bertz CT molecular complexity index is 400. The second-order valence-electron chi connectivity index (χ2n) is 4.46. The third-order valence-corrected chi connectivity index (χ3v) is 3.91. The molecule has 0 aliphatic rings. The van der Waals surface area contributed by atoms with Crippen molar-refractivity contribution in [3.63, 3.8) is 0 Å². The molecule has 0 saturated heterocycles. The van der Waals surface area contributed by atoms with E-state index in [0.717, 1.165) is 0 Å². The van der Waals surface area contributed by atoms with Crippen molar-refractivity contribution < 1.29 is 9.53 Å². The van der Waals surface area contributed by atoms with Crippen LogP contribution < -0.4 is 11.1 Å². The zero-order chi connectivity index (χ0) is 13.7. The third kappa shape index (κ3) is 4.08. The molecule has 18 heavy (non-hydrogen) atoms. The molecule has 0 bridgehead atoms. The lowest BCUT2D eigenvalue weighted by Crippen LogP contribution is -2.33. The van der Waals surface area contributed by atoms with Gasteiger partial charge in [-0.05, 0) is 32.4 Å². The largest absolute Gasteiger partial charge is 0.380 e. The highest BCUT2D eigenvalue weighted by Gasteiger charge is 2.16. The Labute approximate surface area is 113 Å². The lowest BCUT2D eigenvalue weighted by molar-refractivity contribution is -0.124. The fourth-order valence-corrected chi connectivity index (χ4v) is 2.95. The molecule has 0 fully saturated rings. The van der Waals surface area contributed by atoms with E-state index in [2.05, 4.69) is 25.2 Å². The van der Waals surface area contributed by atoms with Gasteiger partial charge in [-0.25, -0.2) is 0 Å². The van der Waals surface area contributed by atoms with E-state index in [1.807, 2.05) is 6.92 Å². The first-order valence-corrected chi connectivity index (χ1v) is 6.88. The van der Waals surface area contributed by atoms with E-state index >= 15 is 0 Å². The summed E-state index contributed by atoms with van der Waals surface area (Å²) < 4.78 is 5.10. The summed E-state index contributed by atoms with van der Waals surface area (Å²) in [5.41, 5.74) is 6.69. The van der Waals surface area contributed by atoms with Crippen LogP contribution in [0.4, 0.5) is 0 Å². The van der Waals surface area contributed by atoms with Gasteiger partial charge in [0.15, 0.2) is 0 Å². The summed E-state index contributed by atoms with van der Waals surface area (Å²) in [6.07, 6.45) is 0.0991. The minimum absolute atomic E-state index is 0.0250. The number of carbonyl (C=O) groups excluding carboxylic acids is 1. The summed E-state index contributed by atoms with van der Waals surface area (Å²) in [5, 5.41) is 2.98. The van der Waals surface area contributed by atoms with Crippen LogP contribution in [0, 0.1) is 13.8 Å². The zero-order valence-corrected chi connectivity index (χ0v) is 12.3. The van der Waals surface area contributed by atoms with Gasteiger partial charge in [0.05, 0.1) is 18.6 Å². The fourth-order valence-electron chi connectivity index (χ4n) is 1.93. The molecule has 0 radical (unpaired) electrons. The van der Waals surface area contributed by atoms with Gasteiger partial charge in [0.25, 0.3) is 0 Å². The van der Waals surface area contributed by atoms with Gasteiger partial charge in [-0.3, -0.25) is 4.79 Å². The molecule has 0 aliphatic heterocycles. The van der Waals surface area contributed by atoms with Crippen LogP contribution in [0.15, 0.2) is 6.07 Å². The molecule has 0 saturated carbocycles. The third-order valence-electron chi connectivity index (χ3n) is 2.93. The number of rotatable bonds is 6. The molecule has 1 amide bonds. The topological polar surface area (TPSA) is 64.3 Å². The molecule has 102 valence electrons. The Hall–Kier alpha value is -0.910. The van der Waals surface area contributed by atoms with Crippen molar-refractivity contribution in [2.24, 2.45) is 5.73 Å². The first kappa shape index (κ1) is 15.1. The number of amides is 1. The highest BCUT2D eigenvalue weighted by Crippen LogP contribution is 2.26. The minimum atomic E-state index is -0.206. The monoisotopic (exact) mass is 270 g/mol. The zero-order valence-electron chi connectivity index (χ0n) is 11.4. The number of nitrogens with one attached hydrogen (secondary N) is 1. The second-order valence-corrected chi connectivity index (χ2v) is 5.92. The van der Waals surface area contributed by atoms with Crippen molar-refractivity contribution in [1.29, 1.82) is 0 Å². The molecule has 1 rings (SSSR count). The highest BCUT2D eigenvalue weighted by molar-refractivity contribution is 7.12. The second kappa shape index (κ2) is 6.87. The number of thiophene rings is 1. The molecule has 1 aromatic rings. The predicted octanol–water partition coefficient (Wildman–Crippen LogP) is 1.91. The Morgan fingerprint density at radius 3 is 2.67 bits per heavy atom. The van der Waals surface area contributed by atoms with E-state index < -0.39 is 0 Å². The van der Waals surface area contributed by atoms with Gasteiger partial charge >= 0.3 is 0 Å². The normalized spacial score (nSPS) is 14.3. The summed E-state index contributed by atoms with van der Waals surface area (Å²) in [4.78, 5) is 14.3. The van der Waals surface area contributed by atoms with Crippen LogP contribution in [-0.2, 0) is 9.53 Å². The van der Waals surface area contributed by atoms with Crippen LogP contribution in [-0.4, -0.2) is 25.7 Å². The molecule has 0 aromatic carbocycles. The van der Waals surface area contributed by atoms with Gasteiger partial charge in [-0.2, -0.15) is 0 Å². The fraction of sp³-hybridized carbons (Fsp3) is 0.615. The molecule has 2 atom stereocenters. The molecule has 1 aromatic heterocycles. The Morgan fingerprint density at radius 1 is 1.56 bits per heavy atom. The van der Waals surface area contributed by atoms with E-state index in [0.29, 0.717) is 13.0 Å². The van der Waals surface area contributed by atoms with Gasteiger partial charge in [0.2, 0.25) is 5.91 Å². The lowest BCUT2D eigenvalue weighted by Gasteiger charge is -2.17. The van der Waals surface area contributed by atoms with E-state index in [-0.39, 0.29) is 18.1 Å². The number of nitrogens with two attached hydrogens (primary N) is 1. The van der Waals surface area contributed by atoms with E-state index in [9.17, 15) is 4.79 Å². The number of methoxy groups -OCH3 is 1. The van der Waals surface area contributed by atoms with Crippen LogP contribution in [0.25, 0.3) is 0 Å². The molecule has 2 unspecified atom stereocenters. The van der Waals surface area contributed by atoms with Crippen LogP contribution in [0.3, 0.4) is 0 Å². The average Bonchev–Trinajstić information content (AvgIpc) is 2.65. The van der Waals surface area contributed by atoms with Crippen molar-refractivity contribution >= 4 is 17.2 Å². The maximum absolute atomic E-state index is 11.8.